The minimum Gasteiger partial charge on any atom is -0.356 e. The summed E-state index contributed by atoms with van der Waals surface area (Å²) in [5, 5.41) is 3.09. The van der Waals surface area contributed by atoms with Gasteiger partial charge in [0.25, 0.3) is 0 Å². The molecule has 130 valence electrons. The van der Waals surface area contributed by atoms with Gasteiger partial charge in [-0.2, -0.15) is 0 Å². The van der Waals surface area contributed by atoms with Crippen LogP contribution >= 0.6 is 0 Å². The number of aromatic nitrogens is 2. The van der Waals surface area contributed by atoms with E-state index >= 15 is 0 Å². The van der Waals surface area contributed by atoms with Gasteiger partial charge in [0.2, 0.25) is 5.91 Å². The van der Waals surface area contributed by atoms with Gasteiger partial charge in [0.15, 0.2) is 0 Å². The van der Waals surface area contributed by atoms with Gasteiger partial charge in [0.05, 0.1) is 0 Å². The van der Waals surface area contributed by atoms with Crippen LogP contribution in [0.15, 0.2) is 12.4 Å². The molecule has 0 radical (unpaired) electrons. The van der Waals surface area contributed by atoms with Gasteiger partial charge >= 0.3 is 0 Å². The number of likely N-dealkylation sites (tertiary alicyclic amines) is 1. The zero-order chi connectivity index (χ0) is 16.7. The third kappa shape index (κ3) is 5.98. The van der Waals surface area contributed by atoms with Crippen LogP contribution in [-0.2, 0) is 11.3 Å². The number of hydrogen-bond donors (Lipinski definition) is 1. The second-order valence-corrected chi connectivity index (χ2v) is 7.08. The van der Waals surface area contributed by atoms with Gasteiger partial charge in [-0.15, -0.1) is 0 Å². The highest BCUT2D eigenvalue weighted by Gasteiger charge is 2.20. The minimum absolute atomic E-state index is 0.0846. The molecule has 0 bridgehead atoms. The van der Waals surface area contributed by atoms with E-state index in [0.29, 0.717) is 5.92 Å². The number of piperidine rings is 1. The highest BCUT2D eigenvalue weighted by atomic mass is 16.1. The van der Waals surface area contributed by atoms with E-state index in [9.17, 15) is 4.79 Å². The number of nitrogens with one attached hydrogen (secondary N) is 1. The fourth-order valence-corrected chi connectivity index (χ4v) is 3.23. The summed E-state index contributed by atoms with van der Waals surface area (Å²) in [5.41, 5.74) is 0. The van der Waals surface area contributed by atoms with Crippen LogP contribution in [0.3, 0.4) is 0 Å². The molecule has 1 aromatic heterocycles. The summed E-state index contributed by atoms with van der Waals surface area (Å²) in [6.07, 6.45) is 8.84. The largest absolute Gasteiger partial charge is 0.356 e. The number of carbonyl (C=O) groups is 1. The van der Waals surface area contributed by atoms with Crippen molar-refractivity contribution in [1.82, 2.24) is 19.8 Å². The fourth-order valence-electron chi connectivity index (χ4n) is 3.23. The van der Waals surface area contributed by atoms with E-state index in [2.05, 4.69) is 32.9 Å². The van der Waals surface area contributed by atoms with Crippen molar-refractivity contribution in [1.29, 1.82) is 0 Å². The van der Waals surface area contributed by atoms with Crippen LogP contribution in [-0.4, -0.2) is 46.5 Å². The maximum atomic E-state index is 11.7. The van der Waals surface area contributed by atoms with Gasteiger partial charge in [0, 0.05) is 37.9 Å². The molecular weight excluding hydrogens is 288 g/mol. The summed E-state index contributed by atoms with van der Waals surface area (Å²) >= 11 is 0. The molecule has 1 saturated heterocycles. The highest BCUT2D eigenvalue weighted by molar-refractivity contribution is 5.77. The molecule has 0 spiro atoms. The molecule has 1 N–H and O–H groups in total. The number of hydrogen-bond acceptors (Lipinski definition) is 3. The van der Waals surface area contributed by atoms with Crippen molar-refractivity contribution in [2.75, 3.05) is 26.2 Å². The van der Waals surface area contributed by atoms with Crippen LogP contribution < -0.4 is 5.32 Å². The third-order valence-electron chi connectivity index (χ3n) is 4.74. The van der Waals surface area contributed by atoms with Gasteiger partial charge in [0.1, 0.15) is 5.82 Å². The first-order valence-electron chi connectivity index (χ1n) is 9.04. The molecule has 1 amide bonds. The standard InChI is InChI=1S/C18H32N4O/c1-15(2)18(23)20-13-17-7-6-10-21(14-17)9-4-5-11-22-12-8-19-16(22)3/h8,12,15,17H,4-7,9-11,13-14H2,1-3H3,(H,20,23)/t17-/m1/s1. The SMILES string of the molecule is Cc1nccn1CCCCN1CCC[C@H](CNC(=O)C(C)C)C1. The first kappa shape index (κ1) is 18.0. The van der Waals surface area contributed by atoms with E-state index < -0.39 is 0 Å². The van der Waals surface area contributed by atoms with Gasteiger partial charge in [-0.1, -0.05) is 13.8 Å². The van der Waals surface area contributed by atoms with Crippen molar-refractivity contribution < 1.29 is 4.79 Å². The number of carbonyl (C=O) groups excluding carboxylic acids is 1. The summed E-state index contributed by atoms with van der Waals surface area (Å²) in [4.78, 5) is 18.5. The molecule has 2 rings (SSSR count). The van der Waals surface area contributed by atoms with Crippen LogP contribution in [0, 0.1) is 18.8 Å². The minimum atomic E-state index is 0.0846. The van der Waals surface area contributed by atoms with E-state index in [1.54, 1.807) is 0 Å². The molecule has 1 atom stereocenters. The fraction of sp³-hybridized carbons (Fsp3) is 0.778. The normalized spacial score (nSPS) is 19.2. The molecule has 1 fully saturated rings. The van der Waals surface area contributed by atoms with Crippen LogP contribution in [0.2, 0.25) is 0 Å². The molecular formula is C18H32N4O. The van der Waals surface area contributed by atoms with E-state index in [0.717, 1.165) is 25.5 Å². The Labute approximate surface area is 140 Å². The molecule has 1 aliphatic heterocycles. The average Bonchev–Trinajstić information content (AvgIpc) is 2.94. The van der Waals surface area contributed by atoms with Crippen molar-refractivity contribution in [3.63, 3.8) is 0 Å². The topological polar surface area (TPSA) is 50.2 Å². The quantitative estimate of drug-likeness (QED) is 0.749. The number of imidazole rings is 1. The van der Waals surface area contributed by atoms with Gasteiger partial charge in [-0.3, -0.25) is 4.79 Å². The van der Waals surface area contributed by atoms with E-state index in [-0.39, 0.29) is 11.8 Å². The molecule has 23 heavy (non-hydrogen) atoms. The summed E-state index contributed by atoms with van der Waals surface area (Å²) in [7, 11) is 0. The molecule has 2 heterocycles. The van der Waals surface area contributed by atoms with E-state index in [1.807, 2.05) is 20.0 Å². The summed E-state index contributed by atoms with van der Waals surface area (Å²) < 4.78 is 2.22. The molecule has 0 aliphatic carbocycles. The zero-order valence-electron chi connectivity index (χ0n) is 14.9. The van der Waals surface area contributed by atoms with Crippen molar-refractivity contribution >= 4 is 5.91 Å². The Hall–Kier alpha value is -1.36. The van der Waals surface area contributed by atoms with Gasteiger partial charge in [-0.05, 0) is 51.6 Å². The summed E-state index contributed by atoms with van der Waals surface area (Å²) in [6, 6.07) is 0. The monoisotopic (exact) mass is 320 g/mol. The van der Waals surface area contributed by atoms with Crippen LogP contribution in [0.5, 0.6) is 0 Å². The number of nitrogens with zero attached hydrogens (tertiary/aromatic N) is 3. The predicted octanol–water partition coefficient (Wildman–Crippen LogP) is 2.46. The van der Waals surface area contributed by atoms with Crippen LogP contribution in [0.25, 0.3) is 0 Å². The highest BCUT2D eigenvalue weighted by Crippen LogP contribution is 2.16. The molecule has 0 saturated carbocycles. The lowest BCUT2D eigenvalue weighted by atomic mass is 9.97. The maximum absolute atomic E-state index is 11.7. The van der Waals surface area contributed by atoms with Crippen molar-refractivity contribution in [2.45, 2.75) is 53.0 Å². The molecule has 5 heteroatoms. The summed E-state index contributed by atoms with van der Waals surface area (Å²) in [6.45, 7) is 11.4. The number of rotatable bonds is 8. The Morgan fingerprint density at radius 3 is 2.87 bits per heavy atom. The van der Waals surface area contributed by atoms with E-state index in [4.69, 9.17) is 0 Å². The number of amides is 1. The third-order valence-corrected chi connectivity index (χ3v) is 4.74. The average molecular weight is 320 g/mol. The lowest BCUT2D eigenvalue weighted by molar-refractivity contribution is -0.124. The molecule has 1 aromatic rings. The number of unbranched alkanes of at least 4 members (excludes halogenated alkanes) is 1. The maximum Gasteiger partial charge on any atom is 0.222 e. The molecule has 0 unspecified atom stereocenters. The van der Waals surface area contributed by atoms with Crippen molar-refractivity contribution in [3.05, 3.63) is 18.2 Å². The first-order valence-corrected chi connectivity index (χ1v) is 9.04. The first-order chi connectivity index (χ1) is 11.1. The molecule has 5 nitrogen and oxygen atoms in total. The Balaban J connectivity index is 1.62. The second-order valence-electron chi connectivity index (χ2n) is 7.08. The van der Waals surface area contributed by atoms with Crippen LogP contribution in [0.1, 0.15) is 45.4 Å². The Morgan fingerprint density at radius 1 is 1.39 bits per heavy atom. The Bertz CT molecular complexity index is 483. The Kier molecular flexibility index (Phi) is 7.09. The lowest BCUT2D eigenvalue weighted by Gasteiger charge is -2.33. The van der Waals surface area contributed by atoms with Gasteiger partial charge < -0.3 is 14.8 Å². The molecule has 1 aliphatic rings. The Morgan fingerprint density at radius 2 is 2.17 bits per heavy atom. The smallest absolute Gasteiger partial charge is 0.222 e. The second kappa shape index (κ2) is 9.06. The lowest BCUT2D eigenvalue weighted by Crippen LogP contribution is -2.42. The van der Waals surface area contributed by atoms with E-state index in [1.165, 1.54) is 38.8 Å². The van der Waals surface area contributed by atoms with Crippen molar-refractivity contribution in [3.8, 4) is 0 Å². The zero-order valence-corrected chi connectivity index (χ0v) is 14.9. The number of aryl methyl sites for hydroxylation is 2. The van der Waals surface area contributed by atoms with Gasteiger partial charge in [-0.25, -0.2) is 4.98 Å². The predicted molar refractivity (Wildman–Crippen MR) is 93.2 cm³/mol. The molecule has 0 aromatic carbocycles. The van der Waals surface area contributed by atoms with Crippen LogP contribution in [0.4, 0.5) is 0 Å². The summed E-state index contributed by atoms with van der Waals surface area (Å²) in [5.74, 6) is 1.98. The van der Waals surface area contributed by atoms with Crippen molar-refractivity contribution in [2.24, 2.45) is 11.8 Å².